The molecule has 0 aromatic heterocycles. The number of carbonyl (C=O) groups excluding carboxylic acids is 1. The zero-order valence-electron chi connectivity index (χ0n) is 23.9. The number of hydrogen-bond donors (Lipinski definition) is 1. The largest absolute Gasteiger partial charge is 0.496 e. The van der Waals surface area contributed by atoms with Crippen LogP contribution in [0.2, 0.25) is 0 Å². The van der Waals surface area contributed by atoms with Gasteiger partial charge in [-0.25, -0.2) is 4.72 Å². The molecule has 1 atom stereocenters. The molecule has 0 spiro atoms. The molecule has 222 valence electrons. The third-order valence-electron chi connectivity index (χ3n) is 7.76. The summed E-state index contributed by atoms with van der Waals surface area (Å²) in [5, 5.41) is 1.97. The van der Waals surface area contributed by atoms with Gasteiger partial charge >= 0.3 is 0 Å². The van der Waals surface area contributed by atoms with Gasteiger partial charge in [-0.2, -0.15) is 8.78 Å². The molecule has 1 saturated carbocycles. The van der Waals surface area contributed by atoms with Crippen molar-refractivity contribution in [3.63, 3.8) is 0 Å². The predicted octanol–water partition coefficient (Wildman–Crippen LogP) is 8.24. The highest BCUT2D eigenvalue weighted by Crippen LogP contribution is 2.37. The van der Waals surface area contributed by atoms with E-state index in [1.165, 1.54) is 64.1 Å². The molecule has 0 amide bonds. The number of nitrogens with zero attached hydrogens (tertiary/aromatic N) is 1. The molecule has 1 heterocycles. The van der Waals surface area contributed by atoms with Gasteiger partial charge in [-0.15, -0.1) is 0 Å². The molecule has 1 aliphatic heterocycles. The normalized spacial score (nSPS) is 17.6. The number of ether oxygens (including phenoxy) is 2. The van der Waals surface area contributed by atoms with Crippen molar-refractivity contribution in [1.82, 2.24) is 9.62 Å². The number of halogens is 3. The van der Waals surface area contributed by atoms with Crippen LogP contribution in [0.4, 0.5) is 8.78 Å². The SMILES string of the molecule is CC1CCN(C)CC1.COc1cc(C(F)(F)C(C=O)NSc2ccc3cc(OC4CCCC4)ccc3c2)ccc1Br. The zero-order chi connectivity index (χ0) is 29.4. The van der Waals surface area contributed by atoms with E-state index in [2.05, 4.69) is 39.5 Å². The molecule has 3 aromatic carbocycles. The lowest BCUT2D eigenvalue weighted by Gasteiger charge is -2.26. The maximum atomic E-state index is 15.0. The predicted molar refractivity (Wildman–Crippen MR) is 166 cm³/mol. The number of likely N-dealkylation sites (tertiary alicyclic amines) is 1. The Morgan fingerprint density at radius 2 is 1.71 bits per heavy atom. The molecule has 1 unspecified atom stereocenters. The first-order valence-electron chi connectivity index (χ1n) is 14.2. The molecule has 9 heteroatoms. The fourth-order valence-electron chi connectivity index (χ4n) is 5.04. The van der Waals surface area contributed by atoms with E-state index in [9.17, 15) is 4.79 Å². The lowest BCUT2D eigenvalue weighted by atomic mass is 10.00. The van der Waals surface area contributed by atoms with Gasteiger partial charge in [-0.3, -0.25) is 0 Å². The third kappa shape index (κ3) is 8.66. The quantitative estimate of drug-likeness (QED) is 0.186. The second-order valence-electron chi connectivity index (χ2n) is 11.0. The van der Waals surface area contributed by atoms with Gasteiger partial charge in [0, 0.05) is 10.5 Å². The van der Waals surface area contributed by atoms with Crippen LogP contribution in [-0.4, -0.2) is 50.6 Å². The summed E-state index contributed by atoms with van der Waals surface area (Å²) < 4.78 is 44.4. The van der Waals surface area contributed by atoms with Crippen molar-refractivity contribution in [3.8, 4) is 11.5 Å². The Kier molecular flexibility index (Phi) is 11.5. The van der Waals surface area contributed by atoms with Crippen LogP contribution in [0.3, 0.4) is 0 Å². The fraction of sp³-hybridized carbons (Fsp3) is 0.469. The summed E-state index contributed by atoms with van der Waals surface area (Å²) in [6, 6.07) is 13.8. The van der Waals surface area contributed by atoms with E-state index < -0.39 is 12.0 Å². The molecule has 41 heavy (non-hydrogen) atoms. The van der Waals surface area contributed by atoms with Gasteiger partial charge in [0.25, 0.3) is 5.92 Å². The Hall–Kier alpha value is -2.20. The van der Waals surface area contributed by atoms with Crippen molar-refractivity contribution < 1.29 is 23.0 Å². The van der Waals surface area contributed by atoms with Crippen LogP contribution in [0.25, 0.3) is 10.8 Å². The van der Waals surface area contributed by atoms with Gasteiger partial charge in [0.2, 0.25) is 0 Å². The molecule has 1 N–H and O–H groups in total. The highest BCUT2D eigenvalue weighted by Gasteiger charge is 2.42. The molecule has 0 bridgehead atoms. The number of benzene rings is 3. The lowest BCUT2D eigenvalue weighted by Crippen LogP contribution is -2.41. The molecule has 1 aliphatic carbocycles. The minimum atomic E-state index is -3.42. The van der Waals surface area contributed by atoms with E-state index in [4.69, 9.17) is 9.47 Å². The van der Waals surface area contributed by atoms with Crippen molar-refractivity contribution in [2.75, 3.05) is 27.2 Å². The molecule has 2 fully saturated rings. The summed E-state index contributed by atoms with van der Waals surface area (Å²) in [5.74, 6) is -1.33. The standard InChI is InChI=1S/C25H24BrF2NO3S.C7H15N/c1-31-23-14-18(8-11-22(23)26)25(27,28)24(15-30)29-33-21-10-7-16-12-20(9-6-17(16)13-21)32-19-4-2-3-5-19;1-7-3-5-8(2)6-4-7/h6-15,19,24,29H,2-5H2,1H3;7H,3-6H2,1-2H3. The Morgan fingerprint density at radius 3 is 2.37 bits per heavy atom. The van der Waals surface area contributed by atoms with Crippen molar-refractivity contribution in [1.29, 1.82) is 0 Å². The molecule has 1 saturated heterocycles. The number of alkyl halides is 2. The van der Waals surface area contributed by atoms with E-state index in [-0.39, 0.29) is 23.7 Å². The second-order valence-corrected chi connectivity index (χ2v) is 12.8. The summed E-state index contributed by atoms with van der Waals surface area (Å²) in [7, 11) is 3.60. The molecule has 0 radical (unpaired) electrons. The van der Waals surface area contributed by atoms with E-state index in [1.54, 1.807) is 0 Å². The first-order valence-corrected chi connectivity index (χ1v) is 15.8. The third-order valence-corrected chi connectivity index (χ3v) is 9.28. The van der Waals surface area contributed by atoms with Crippen LogP contribution >= 0.6 is 27.9 Å². The van der Waals surface area contributed by atoms with Crippen LogP contribution < -0.4 is 14.2 Å². The molecule has 5 rings (SSSR count). The number of nitrogens with one attached hydrogen (secondary N) is 1. The average Bonchev–Trinajstić information content (AvgIpc) is 3.48. The summed E-state index contributed by atoms with van der Waals surface area (Å²) in [4.78, 5) is 14.7. The Bertz CT molecular complexity index is 1290. The topological polar surface area (TPSA) is 50.8 Å². The summed E-state index contributed by atoms with van der Waals surface area (Å²) >= 11 is 4.25. The minimum Gasteiger partial charge on any atom is -0.496 e. The monoisotopic (exact) mass is 648 g/mol. The van der Waals surface area contributed by atoms with Crippen LogP contribution in [0.5, 0.6) is 11.5 Å². The van der Waals surface area contributed by atoms with E-state index in [1.807, 2.05) is 36.4 Å². The van der Waals surface area contributed by atoms with Gasteiger partial charge in [0.05, 0.1) is 17.7 Å². The minimum absolute atomic E-state index is 0.231. The van der Waals surface area contributed by atoms with Crippen molar-refractivity contribution in [3.05, 3.63) is 64.6 Å². The van der Waals surface area contributed by atoms with E-state index >= 15 is 8.78 Å². The van der Waals surface area contributed by atoms with Crippen LogP contribution in [0, 0.1) is 5.92 Å². The van der Waals surface area contributed by atoms with Crippen LogP contribution in [-0.2, 0) is 10.7 Å². The molecule has 3 aromatic rings. The number of rotatable bonds is 9. The van der Waals surface area contributed by atoms with Gasteiger partial charge in [0.1, 0.15) is 23.8 Å². The Morgan fingerprint density at radius 1 is 1.02 bits per heavy atom. The van der Waals surface area contributed by atoms with Crippen molar-refractivity contribution >= 4 is 44.9 Å². The van der Waals surface area contributed by atoms with Crippen molar-refractivity contribution in [2.24, 2.45) is 5.92 Å². The highest BCUT2D eigenvalue weighted by atomic mass is 79.9. The number of methoxy groups -OCH3 is 1. The molecule has 2 aliphatic rings. The van der Waals surface area contributed by atoms with Gasteiger partial charge < -0.3 is 19.2 Å². The van der Waals surface area contributed by atoms with Gasteiger partial charge in [-0.1, -0.05) is 25.1 Å². The first-order chi connectivity index (χ1) is 19.7. The van der Waals surface area contributed by atoms with E-state index in [0.717, 1.165) is 52.1 Å². The lowest BCUT2D eigenvalue weighted by molar-refractivity contribution is -0.119. The first kappa shape index (κ1) is 31.7. The number of fused-ring (bicyclic) bond motifs is 1. The Labute approximate surface area is 254 Å². The maximum Gasteiger partial charge on any atom is 0.295 e. The second kappa shape index (κ2) is 14.8. The van der Waals surface area contributed by atoms with Crippen LogP contribution in [0.15, 0.2) is 64.0 Å². The molecular weight excluding hydrogens is 610 g/mol. The van der Waals surface area contributed by atoms with Gasteiger partial charge in [-0.05, 0) is 140 Å². The van der Waals surface area contributed by atoms with Crippen molar-refractivity contribution in [2.45, 2.75) is 68.4 Å². The smallest absolute Gasteiger partial charge is 0.295 e. The number of aldehydes is 1. The summed E-state index contributed by atoms with van der Waals surface area (Å²) in [6.07, 6.45) is 7.92. The number of hydrogen-bond acceptors (Lipinski definition) is 6. The fourth-order valence-corrected chi connectivity index (χ4v) is 6.24. The Balaban J connectivity index is 0.000000417. The number of carbonyl (C=O) groups is 1. The maximum absolute atomic E-state index is 15.0. The number of piperidine rings is 1. The van der Waals surface area contributed by atoms with E-state index in [0.29, 0.717) is 4.47 Å². The molecule has 5 nitrogen and oxygen atoms in total. The van der Waals surface area contributed by atoms with Crippen LogP contribution in [0.1, 0.15) is 51.0 Å². The zero-order valence-corrected chi connectivity index (χ0v) is 26.3. The highest BCUT2D eigenvalue weighted by molar-refractivity contribution is 9.10. The average molecular weight is 650 g/mol. The summed E-state index contributed by atoms with van der Waals surface area (Å²) in [6.45, 7) is 4.95. The molecular formula is C32H39BrF2N2O3S. The summed E-state index contributed by atoms with van der Waals surface area (Å²) in [5.41, 5.74) is -0.305. The van der Waals surface area contributed by atoms with Gasteiger partial charge in [0.15, 0.2) is 0 Å².